The van der Waals surface area contributed by atoms with Crippen LogP contribution in [0.15, 0.2) is 58.6 Å². The normalized spacial score (nSPS) is 14.6. The van der Waals surface area contributed by atoms with Crippen molar-refractivity contribution < 1.29 is 23.9 Å². The first-order chi connectivity index (χ1) is 18.1. The Morgan fingerprint density at radius 2 is 1.74 bits per heavy atom. The predicted octanol–water partition coefficient (Wildman–Crippen LogP) is 7.36. The van der Waals surface area contributed by atoms with E-state index in [9.17, 15) is 14.4 Å². The molecule has 1 aliphatic rings. The molecule has 7 nitrogen and oxygen atoms in total. The summed E-state index contributed by atoms with van der Waals surface area (Å²) in [5.41, 5.74) is 1.97. The van der Waals surface area contributed by atoms with Gasteiger partial charge in [-0.15, -0.1) is 0 Å². The summed E-state index contributed by atoms with van der Waals surface area (Å²) in [5, 5.41) is 3.56. The van der Waals surface area contributed by atoms with Crippen molar-refractivity contribution in [1.29, 1.82) is 0 Å². The smallest absolute Gasteiger partial charge is 0.335 e. The fraction of sp³-hybridized carbons (Fsp3) is 0.148. The van der Waals surface area contributed by atoms with E-state index >= 15 is 0 Å². The summed E-state index contributed by atoms with van der Waals surface area (Å²) in [7, 11) is 0. The Morgan fingerprint density at radius 3 is 2.42 bits per heavy atom. The van der Waals surface area contributed by atoms with E-state index in [-0.39, 0.29) is 17.9 Å². The maximum Gasteiger partial charge on any atom is 0.335 e. The van der Waals surface area contributed by atoms with Gasteiger partial charge in [0, 0.05) is 20.6 Å². The molecule has 0 unspecified atom stereocenters. The molecule has 1 saturated heterocycles. The number of hydrogen-bond acceptors (Lipinski definition) is 5. The monoisotopic (exact) mass is 636 g/mol. The molecule has 0 radical (unpaired) electrons. The van der Waals surface area contributed by atoms with Crippen molar-refractivity contribution in [3.05, 3.63) is 90.3 Å². The third kappa shape index (κ3) is 5.99. The molecule has 38 heavy (non-hydrogen) atoms. The van der Waals surface area contributed by atoms with Crippen LogP contribution in [0.4, 0.5) is 10.5 Å². The highest BCUT2D eigenvalue weighted by Crippen LogP contribution is 2.39. The van der Waals surface area contributed by atoms with E-state index in [0.717, 1.165) is 16.0 Å². The van der Waals surface area contributed by atoms with Crippen LogP contribution in [0.2, 0.25) is 15.1 Å². The van der Waals surface area contributed by atoms with E-state index in [0.29, 0.717) is 43.2 Å². The molecule has 0 saturated carbocycles. The lowest BCUT2D eigenvalue weighted by Crippen LogP contribution is -2.54. The van der Waals surface area contributed by atoms with Gasteiger partial charge in [-0.05, 0) is 83.4 Å². The average Bonchev–Trinajstić information content (AvgIpc) is 2.84. The van der Waals surface area contributed by atoms with Gasteiger partial charge >= 0.3 is 6.03 Å². The number of nitrogens with zero attached hydrogens (tertiary/aromatic N) is 1. The molecule has 0 aromatic heterocycles. The largest absolute Gasteiger partial charge is 0.490 e. The van der Waals surface area contributed by atoms with Gasteiger partial charge in [0.2, 0.25) is 0 Å². The quantitative estimate of drug-likeness (QED) is 0.216. The number of halogens is 4. The molecule has 0 aliphatic carbocycles. The molecule has 1 fully saturated rings. The van der Waals surface area contributed by atoms with Crippen molar-refractivity contribution >= 4 is 80.3 Å². The Kier molecular flexibility index (Phi) is 8.67. The number of urea groups is 1. The standard InChI is InChI=1S/C27H20BrCl3N2O5/c1-3-37-23-10-15(9-20(28)24(23)38-13-16-5-6-17(29)11-22(16)31)8-19-25(34)32-27(36)33(26(19)35)18-7-4-14(2)21(30)12-18/h4-12H,3,13H2,1-2H3,(H,32,34,36)/b19-8-. The van der Waals surface area contributed by atoms with Crippen LogP contribution in [0.1, 0.15) is 23.6 Å². The third-order valence-electron chi connectivity index (χ3n) is 5.55. The summed E-state index contributed by atoms with van der Waals surface area (Å²) < 4.78 is 12.3. The summed E-state index contributed by atoms with van der Waals surface area (Å²) in [4.78, 5) is 39.3. The maximum atomic E-state index is 13.3. The molecule has 0 atom stereocenters. The topological polar surface area (TPSA) is 84.9 Å². The molecule has 3 aromatic rings. The van der Waals surface area contributed by atoms with Crippen LogP contribution in [-0.4, -0.2) is 24.5 Å². The van der Waals surface area contributed by atoms with Gasteiger partial charge in [-0.2, -0.15) is 0 Å². The zero-order chi connectivity index (χ0) is 27.6. The molecule has 11 heteroatoms. The molecule has 1 heterocycles. The molecule has 1 aliphatic heterocycles. The van der Waals surface area contributed by atoms with Crippen LogP contribution in [0.5, 0.6) is 11.5 Å². The second-order valence-electron chi connectivity index (χ2n) is 8.18. The molecule has 4 amide bonds. The summed E-state index contributed by atoms with van der Waals surface area (Å²) in [6.45, 7) is 4.09. The van der Waals surface area contributed by atoms with Gasteiger partial charge in [0.05, 0.1) is 16.8 Å². The van der Waals surface area contributed by atoms with E-state index < -0.39 is 17.8 Å². The Hall–Kier alpha value is -3.04. The number of rotatable bonds is 7. The average molecular weight is 639 g/mol. The first kappa shape index (κ1) is 28.0. The number of anilines is 1. The number of carbonyl (C=O) groups is 3. The predicted molar refractivity (Wildman–Crippen MR) is 151 cm³/mol. The number of hydrogen-bond donors (Lipinski definition) is 1. The van der Waals surface area contributed by atoms with Gasteiger partial charge in [0.25, 0.3) is 11.8 Å². The summed E-state index contributed by atoms with van der Waals surface area (Å²) >= 11 is 21.9. The van der Waals surface area contributed by atoms with Crippen LogP contribution in [0.25, 0.3) is 6.08 Å². The third-order valence-corrected chi connectivity index (χ3v) is 7.13. The molecular weight excluding hydrogens is 619 g/mol. The number of benzene rings is 3. The van der Waals surface area contributed by atoms with Crippen LogP contribution in [-0.2, 0) is 16.2 Å². The first-order valence-electron chi connectivity index (χ1n) is 11.3. The summed E-state index contributed by atoms with van der Waals surface area (Å²) in [6, 6.07) is 12.3. The van der Waals surface area contributed by atoms with E-state index in [1.165, 1.54) is 12.1 Å². The minimum atomic E-state index is -0.863. The van der Waals surface area contributed by atoms with Crippen molar-refractivity contribution in [2.45, 2.75) is 20.5 Å². The lowest BCUT2D eigenvalue weighted by Gasteiger charge is -2.26. The molecule has 4 rings (SSSR count). The number of barbiturate groups is 1. The first-order valence-corrected chi connectivity index (χ1v) is 13.2. The van der Waals surface area contributed by atoms with Crippen LogP contribution >= 0.6 is 50.7 Å². The Morgan fingerprint density at radius 1 is 0.974 bits per heavy atom. The van der Waals surface area contributed by atoms with Crippen LogP contribution in [0, 0.1) is 6.92 Å². The number of imide groups is 2. The molecule has 0 spiro atoms. The number of nitrogens with one attached hydrogen (secondary N) is 1. The van der Waals surface area contributed by atoms with Crippen LogP contribution in [0.3, 0.4) is 0 Å². The zero-order valence-electron chi connectivity index (χ0n) is 20.1. The zero-order valence-corrected chi connectivity index (χ0v) is 24.0. The van der Waals surface area contributed by atoms with Crippen molar-refractivity contribution in [2.75, 3.05) is 11.5 Å². The Labute approximate surface area is 242 Å². The number of ether oxygens (including phenoxy) is 2. The van der Waals surface area contributed by atoms with Crippen molar-refractivity contribution in [1.82, 2.24) is 5.32 Å². The highest BCUT2D eigenvalue weighted by Gasteiger charge is 2.37. The number of amides is 4. The van der Waals surface area contributed by atoms with Crippen molar-refractivity contribution in [3.8, 4) is 11.5 Å². The SMILES string of the molecule is CCOc1cc(/C=C2/C(=O)NC(=O)N(c3ccc(C)c(Cl)c3)C2=O)cc(Br)c1OCc1ccc(Cl)cc1Cl. The van der Waals surface area contributed by atoms with E-state index in [4.69, 9.17) is 44.3 Å². The van der Waals surface area contributed by atoms with Crippen molar-refractivity contribution in [2.24, 2.45) is 0 Å². The fourth-order valence-electron chi connectivity index (χ4n) is 3.64. The van der Waals surface area contributed by atoms with E-state index in [1.54, 1.807) is 49.4 Å². The van der Waals surface area contributed by atoms with Gasteiger partial charge in [-0.25, -0.2) is 9.69 Å². The minimum absolute atomic E-state index is 0.145. The molecule has 0 bridgehead atoms. The van der Waals surface area contributed by atoms with Crippen molar-refractivity contribution in [3.63, 3.8) is 0 Å². The second-order valence-corrected chi connectivity index (χ2v) is 10.3. The van der Waals surface area contributed by atoms with Crippen LogP contribution < -0.4 is 19.7 Å². The summed E-state index contributed by atoms with van der Waals surface area (Å²) in [5.74, 6) is -0.821. The minimum Gasteiger partial charge on any atom is -0.490 e. The lowest BCUT2D eigenvalue weighted by molar-refractivity contribution is -0.122. The molecule has 1 N–H and O–H groups in total. The summed E-state index contributed by atoms with van der Waals surface area (Å²) in [6.07, 6.45) is 1.38. The molecule has 3 aromatic carbocycles. The highest BCUT2D eigenvalue weighted by atomic mass is 79.9. The fourth-order valence-corrected chi connectivity index (χ4v) is 4.85. The van der Waals surface area contributed by atoms with Gasteiger partial charge in [-0.3, -0.25) is 14.9 Å². The second kappa shape index (κ2) is 11.8. The maximum absolute atomic E-state index is 13.3. The van der Waals surface area contributed by atoms with E-state index in [1.807, 2.05) is 6.92 Å². The Bertz CT molecular complexity index is 1490. The molecular formula is C27H20BrCl3N2O5. The van der Waals surface area contributed by atoms with E-state index in [2.05, 4.69) is 21.2 Å². The highest BCUT2D eigenvalue weighted by molar-refractivity contribution is 9.10. The number of aryl methyl sites for hydroxylation is 1. The van der Waals surface area contributed by atoms with Gasteiger partial charge in [0.15, 0.2) is 11.5 Å². The van der Waals surface area contributed by atoms with Gasteiger partial charge in [-0.1, -0.05) is 46.9 Å². The lowest BCUT2D eigenvalue weighted by atomic mass is 10.1. The van der Waals surface area contributed by atoms with Gasteiger partial charge < -0.3 is 9.47 Å². The van der Waals surface area contributed by atoms with Gasteiger partial charge in [0.1, 0.15) is 12.2 Å². The number of carbonyl (C=O) groups excluding carboxylic acids is 3. The molecule has 196 valence electrons. The Balaban J connectivity index is 1.67.